The number of aryl methyl sites for hydroxylation is 1. The van der Waals surface area contributed by atoms with Gasteiger partial charge in [-0.05, 0) is 26.3 Å². The number of nitrogens with zero attached hydrogens (tertiary/aromatic N) is 1. The molecule has 0 aliphatic rings. The Balaban J connectivity index is 2.73. The predicted molar refractivity (Wildman–Crippen MR) is 80.0 cm³/mol. The highest BCUT2D eigenvalue weighted by Crippen LogP contribution is 2.16. The van der Waals surface area contributed by atoms with Crippen LogP contribution in [0.25, 0.3) is 0 Å². The number of aromatic nitrogens is 2. The summed E-state index contributed by atoms with van der Waals surface area (Å²) in [5.41, 5.74) is 1.52. The van der Waals surface area contributed by atoms with Crippen molar-refractivity contribution >= 4 is 10.0 Å². The molecule has 0 amide bonds. The van der Waals surface area contributed by atoms with E-state index in [1.54, 1.807) is 0 Å². The molecular formula is C13H26N4O2S. The zero-order valence-corrected chi connectivity index (χ0v) is 13.4. The van der Waals surface area contributed by atoms with Gasteiger partial charge in [0.2, 0.25) is 0 Å². The van der Waals surface area contributed by atoms with Crippen molar-refractivity contribution in [3.8, 4) is 0 Å². The first-order valence-electron chi connectivity index (χ1n) is 7.27. The first kappa shape index (κ1) is 17.1. The van der Waals surface area contributed by atoms with E-state index in [0.717, 1.165) is 43.5 Å². The Morgan fingerprint density at radius 3 is 2.55 bits per heavy atom. The predicted octanol–water partition coefficient (Wildman–Crippen LogP) is 1.69. The second kappa shape index (κ2) is 8.39. The van der Waals surface area contributed by atoms with Crippen LogP contribution in [0, 0.1) is 6.92 Å². The Hall–Kier alpha value is -0.920. The Morgan fingerprint density at radius 2 is 1.90 bits per heavy atom. The van der Waals surface area contributed by atoms with Crippen molar-refractivity contribution in [2.75, 3.05) is 13.1 Å². The van der Waals surface area contributed by atoms with Crippen LogP contribution in [0.1, 0.15) is 50.8 Å². The average molecular weight is 302 g/mol. The molecule has 1 rings (SSSR count). The van der Waals surface area contributed by atoms with Gasteiger partial charge in [-0.2, -0.15) is 5.10 Å². The average Bonchev–Trinajstić information content (AvgIpc) is 2.78. The maximum Gasteiger partial charge on any atom is 0.260 e. The number of sulfonamides is 1. The molecule has 20 heavy (non-hydrogen) atoms. The molecule has 7 heteroatoms. The fourth-order valence-electron chi connectivity index (χ4n) is 1.90. The minimum Gasteiger partial charge on any atom is -0.313 e. The van der Waals surface area contributed by atoms with E-state index >= 15 is 0 Å². The third-order valence-corrected chi connectivity index (χ3v) is 4.52. The van der Waals surface area contributed by atoms with E-state index in [9.17, 15) is 8.42 Å². The van der Waals surface area contributed by atoms with Crippen molar-refractivity contribution in [3.63, 3.8) is 0 Å². The van der Waals surface area contributed by atoms with Gasteiger partial charge < -0.3 is 5.32 Å². The summed E-state index contributed by atoms with van der Waals surface area (Å²) in [6.45, 7) is 7.83. The van der Waals surface area contributed by atoms with Gasteiger partial charge in [0, 0.05) is 24.3 Å². The third kappa shape index (κ3) is 4.88. The molecular weight excluding hydrogens is 276 g/mol. The van der Waals surface area contributed by atoms with Crippen LogP contribution < -0.4 is 10.0 Å². The summed E-state index contributed by atoms with van der Waals surface area (Å²) in [7, 11) is -3.52. The van der Waals surface area contributed by atoms with Crippen LogP contribution in [0.4, 0.5) is 0 Å². The minimum atomic E-state index is -3.52. The monoisotopic (exact) mass is 302 g/mol. The van der Waals surface area contributed by atoms with Crippen molar-refractivity contribution in [2.24, 2.45) is 0 Å². The van der Waals surface area contributed by atoms with Gasteiger partial charge in [-0.1, -0.05) is 26.7 Å². The lowest BCUT2D eigenvalue weighted by Crippen LogP contribution is -2.27. The molecule has 0 saturated carbocycles. The summed E-state index contributed by atoms with van der Waals surface area (Å²) < 4.78 is 27.1. The van der Waals surface area contributed by atoms with E-state index in [4.69, 9.17) is 0 Å². The summed E-state index contributed by atoms with van der Waals surface area (Å²) in [5, 5.41) is 10.0. The zero-order chi connectivity index (χ0) is 15.0. The van der Waals surface area contributed by atoms with Crippen LogP contribution in [-0.4, -0.2) is 31.7 Å². The molecule has 1 aromatic heterocycles. The summed E-state index contributed by atoms with van der Waals surface area (Å²) in [6.07, 6.45) is 3.94. The normalized spacial score (nSPS) is 11.9. The van der Waals surface area contributed by atoms with Crippen molar-refractivity contribution in [1.82, 2.24) is 20.2 Å². The SMILES string of the molecule is CCCCCNS(=O)(=O)c1n[nH]c(C)c1CNCCC. The second-order valence-electron chi connectivity index (χ2n) is 4.91. The molecule has 0 radical (unpaired) electrons. The fraction of sp³-hybridized carbons (Fsp3) is 0.769. The van der Waals surface area contributed by atoms with Crippen molar-refractivity contribution in [2.45, 2.75) is 58.0 Å². The number of hydrogen-bond acceptors (Lipinski definition) is 4. The molecule has 1 aromatic rings. The van der Waals surface area contributed by atoms with Crippen molar-refractivity contribution in [1.29, 1.82) is 0 Å². The number of hydrogen-bond donors (Lipinski definition) is 3. The molecule has 6 nitrogen and oxygen atoms in total. The standard InChI is InChI=1S/C13H26N4O2S/c1-4-6-7-9-15-20(18,19)13-12(10-14-8-5-2)11(3)16-17-13/h14-15H,4-10H2,1-3H3,(H,16,17). The largest absolute Gasteiger partial charge is 0.313 e. The maximum atomic E-state index is 12.2. The molecule has 116 valence electrons. The van der Waals surface area contributed by atoms with Crippen LogP contribution in [0.3, 0.4) is 0 Å². The number of unbranched alkanes of at least 4 members (excludes halogenated alkanes) is 2. The smallest absolute Gasteiger partial charge is 0.260 e. The Bertz CT molecular complexity index is 496. The molecule has 0 atom stereocenters. The molecule has 0 fully saturated rings. The fourth-order valence-corrected chi connectivity index (χ4v) is 3.17. The lowest BCUT2D eigenvalue weighted by molar-refractivity contribution is 0.568. The van der Waals surface area contributed by atoms with E-state index in [-0.39, 0.29) is 5.03 Å². The summed E-state index contributed by atoms with van der Waals surface area (Å²) >= 11 is 0. The highest BCUT2D eigenvalue weighted by Gasteiger charge is 2.22. The summed E-state index contributed by atoms with van der Waals surface area (Å²) in [4.78, 5) is 0. The molecule has 0 saturated heterocycles. The zero-order valence-electron chi connectivity index (χ0n) is 12.6. The quantitative estimate of drug-likeness (QED) is 0.574. The van der Waals surface area contributed by atoms with Crippen LogP contribution in [0.2, 0.25) is 0 Å². The van der Waals surface area contributed by atoms with Gasteiger partial charge in [0.1, 0.15) is 0 Å². The summed E-state index contributed by atoms with van der Waals surface area (Å²) in [5.74, 6) is 0. The van der Waals surface area contributed by atoms with Gasteiger partial charge in [0.05, 0.1) is 0 Å². The molecule has 0 aliphatic heterocycles. The lowest BCUT2D eigenvalue weighted by atomic mass is 10.2. The molecule has 0 spiro atoms. The first-order chi connectivity index (χ1) is 9.53. The van der Waals surface area contributed by atoms with Gasteiger partial charge in [-0.25, -0.2) is 13.1 Å². The van der Waals surface area contributed by atoms with Gasteiger partial charge in [-0.3, -0.25) is 5.10 Å². The Morgan fingerprint density at radius 1 is 1.15 bits per heavy atom. The van der Waals surface area contributed by atoms with Gasteiger partial charge in [-0.15, -0.1) is 0 Å². The molecule has 0 aliphatic carbocycles. The van der Waals surface area contributed by atoms with Crippen LogP contribution in [0.5, 0.6) is 0 Å². The van der Waals surface area contributed by atoms with E-state index in [2.05, 4.69) is 34.1 Å². The van der Waals surface area contributed by atoms with Crippen molar-refractivity contribution in [3.05, 3.63) is 11.3 Å². The molecule has 1 heterocycles. The molecule has 3 N–H and O–H groups in total. The number of nitrogens with one attached hydrogen (secondary N) is 3. The van der Waals surface area contributed by atoms with Gasteiger partial charge in [0.25, 0.3) is 10.0 Å². The van der Waals surface area contributed by atoms with Crippen LogP contribution >= 0.6 is 0 Å². The number of H-pyrrole nitrogens is 1. The van der Waals surface area contributed by atoms with Gasteiger partial charge in [0.15, 0.2) is 5.03 Å². The minimum absolute atomic E-state index is 0.120. The topological polar surface area (TPSA) is 86.9 Å². The first-order valence-corrected chi connectivity index (χ1v) is 8.75. The number of aromatic amines is 1. The Kier molecular flexibility index (Phi) is 7.18. The van der Waals surface area contributed by atoms with E-state index in [1.165, 1.54) is 0 Å². The molecule has 0 bridgehead atoms. The molecule has 0 unspecified atom stereocenters. The second-order valence-corrected chi connectivity index (χ2v) is 6.60. The Labute approximate surface area is 121 Å². The maximum absolute atomic E-state index is 12.2. The van der Waals surface area contributed by atoms with E-state index < -0.39 is 10.0 Å². The highest BCUT2D eigenvalue weighted by atomic mass is 32.2. The number of rotatable bonds is 10. The van der Waals surface area contributed by atoms with Crippen LogP contribution in [-0.2, 0) is 16.6 Å². The molecule has 0 aromatic carbocycles. The van der Waals surface area contributed by atoms with E-state index in [0.29, 0.717) is 13.1 Å². The highest BCUT2D eigenvalue weighted by molar-refractivity contribution is 7.89. The summed E-state index contributed by atoms with van der Waals surface area (Å²) in [6, 6.07) is 0. The van der Waals surface area contributed by atoms with Gasteiger partial charge >= 0.3 is 0 Å². The lowest BCUT2D eigenvalue weighted by Gasteiger charge is -2.07. The third-order valence-electron chi connectivity index (χ3n) is 3.09. The van der Waals surface area contributed by atoms with Crippen LogP contribution in [0.15, 0.2) is 5.03 Å². The van der Waals surface area contributed by atoms with Crippen molar-refractivity contribution < 1.29 is 8.42 Å². The van der Waals surface area contributed by atoms with E-state index in [1.807, 2.05) is 6.92 Å².